The molecule has 0 saturated heterocycles. The number of amides is 1. The molecule has 0 aliphatic carbocycles. The van der Waals surface area contributed by atoms with Gasteiger partial charge < -0.3 is 9.47 Å². The van der Waals surface area contributed by atoms with Gasteiger partial charge in [-0.05, 0) is 47.9 Å². The zero-order valence-corrected chi connectivity index (χ0v) is 18.6. The number of carbonyl (C=O) groups is 1. The monoisotopic (exact) mass is 465 g/mol. The van der Waals surface area contributed by atoms with Crippen LogP contribution in [-0.2, 0) is 17.8 Å². The van der Waals surface area contributed by atoms with Crippen LogP contribution in [0, 0.1) is 21.4 Å². The Morgan fingerprint density at radius 1 is 1.24 bits per heavy atom. The van der Waals surface area contributed by atoms with Gasteiger partial charge in [0.15, 0.2) is 11.5 Å². The Labute approximate surface area is 193 Å². The molecule has 3 aromatic rings. The number of hydrogen-bond donors (Lipinski definition) is 1. The number of aromatic nitrogens is 2. The van der Waals surface area contributed by atoms with Gasteiger partial charge in [-0.3, -0.25) is 20.2 Å². The van der Waals surface area contributed by atoms with E-state index in [1.807, 2.05) is 13.0 Å². The third-order valence-corrected chi connectivity index (χ3v) is 5.38. The van der Waals surface area contributed by atoms with Gasteiger partial charge in [0, 0.05) is 12.1 Å². The number of hydrogen-bond acceptors (Lipinski definition) is 9. The van der Waals surface area contributed by atoms with E-state index in [1.165, 1.54) is 36.7 Å². The van der Waals surface area contributed by atoms with Crippen LogP contribution in [0.15, 0.2) is 48.0 Å². The first-order chi connectivity index (χ1) is 15.9. The highest BCUT2D eigenvalue weighted by molar-refractivity contribution is 7.15. The average molecular weight is 465 g/mol. The summed E-state index contributed by atoms with van der Waals surface area (Å²) in [6, 6.07) is 12.9. The van der Waals surface area contributed by atoms with Crippen molar-refractivity contribution in [3.05, 3.63) is 74.3 Å². The third-order valence-electron chi connectivity index (χ3n) is 4.40. The number of nitro benzene ring substituents is 1. The number of nitrogens with zero attached hydrogens (tertiary/aromatic N) is 4. The number of ether oxygens (including phenoxy) is 2. The lowest BCUT2D eigenvalue weighted by Crippen LogP contribution is -2.13. The Balaban J connectivity index is 1.71. The Kier molecular flexibility index (Phi) is 7.67. The minimum Gasteiger partial charge on any atom is -0.493 e. The van der Waals surface area contributed by atoms with Gasteiger partial charge in [-0.1, -0.05) is 24.3 Å². The molecule has 10 nitrogen and oxygen atoms in total. The summed E-state index contributed by atoms with van der Waals surface area (Å²) in [5.41, 5.74) is 1.21. The molecule has 0 aliphatic heterocycles. The second kappa shape index (κ2) is 10.8. The molecule has 0 aliphatic rings. The van der Waals surface area contributed by atoms with Crippen molar-refractivity contribution in [1.29, 1.82) is 5.26 Å². The minimum absolute atomic E-state index is 0.00160. The van der Waals surface area contributed by atoms with Crippen LogP contribution in [0.1, 0.15) is 23.1 Å². The summed E-state index contributed by atoms with van der Waals surface area (Å²) in [6.45, 7) is 2.11. The second-order valence-electron chi connectivity index (χ2n) is 6.60. The van der Waals surface area contributed by atoms with Crippen LogP contribution >= 0.6 is 11.3 Å². The van der Waals surface area contributed by atoms with Gasteiger partial charge in [0.25, 0.3) is 11.6 Å². The molecule has 0 atom stereocenters. The molecule has 0 unspecified atom stereocenters. The van der Waals surface area contributed by atoms with Gasteiger partial charge in [0.1, 0.15) is 23.3 Å². The first kappa shape index (κ1) is 23.4. The summed E-state index contributed by atoms with van der Waals surface area (Å²) in [7, 11) is 1.47. The first-order valence-electron chi connectivity index (χ1n) is 9.73. The van der Waals surface area contributed by atoms with Crippen LogP contribution in [0.3, 0.4) is 0 Å². The van der Waals surface area contributed by atoms with Crippen LogP contribution in [0.25, 0.3) is 6.08 Å². The Morgan fingerprint density at radius 3 is 2.61 bits per heavy atom. The Morgan fingerprint density at radius 2 is 2.00 bits per heavy atom. The molecule has 0 radical (unpaired) electrons. The maximum absolute atomic E-state index is 12.4. The van der Waals surface area contributed by atoms with Crippen molar-refractivity contribution in [2.45, 2.75) is 20.0 Å². The van der Waals surface area contributed by atoms with Gasteiger partial charge >= 0.3 is 0 Å². The van der Waals surface area contributed by atoms with E-state index < -0.39 is 10.8 Å². The number of carbonyl (C=O) groups excluding carboxylic acids is 1. The highest BCUT2D eigenvalue weighted by Crippen LogP contribution is 2.30. The standard InChI is InChI=1S/C22H19N5O5S/c1-3-20-25-26-22(33-20)24-21(28)16(12-23)10-15-6-9-18(19(11-15)31-2)32-13-14-4-7-17(8-5-14)27(29)30/h4-11H,3,13H2,1-2H3,(H,24,26,28). The smallest absolute Gasteiger partial charge is 0.269 e. The van der Waals surface area contributed by atoms with Crippen molar-refractivity contribution >= 4 is 34.1 Å². The molecule has 3 rings (SSSR count). The van der Waals surface area contributed by atoms with E-state index in [0.29, 0.717) is 28.6 Å². The quantitative estimate of drug-likeness (QED) is 0.215. The van der Waals surface area contributed by atoms with Gasteiger partial charge in [-0.2, -0.15) is 5.26 Å². The summed E-state index contributed by atoms with van der Waals surface area (Å²) in [5, 5.41) is 31.7. The van der Waals surface area contributed by atoms with Gasteiger partial charge in [0.2, 0.25) is 5.13 Å². The molecule has 0 fully saturated rings. The molecule has 0 bridgehead atoms. The van der Waals surface area contributed by atoms with Crippen molar-refractivity contribution in [1.82, 2.24) is 10.2 Å². The average Bonchev–Trinajstić information content (AvgIpc) is 3.29. The summed E-state index contributed by atoms with van der Waals surface area (Å²) < 4.78 is 11.1. The molecule has 168 valence electrons. The maximum Gasteiger partial charge on any atom is 0.269 e. The Bertz CT molecular complexity index is 1230. The van der Waals surface area contributed by atoms with Crippen LogP contribution in [0.2, 0.25) is 0 Å². The first-order valence-corrected chi connectivity index (χ1v) is 10.5. The molecule has 1 N–H and O–H groups in total. The zero-order valence-electron chi connectivity index (χ0n) is 17.8. The van der Waals surface area contributed by atoms with Crippen molar-refractivity contribution < 1.29 is 19.2 Å². The molecule has 1 heterocycles. The number of anilines is 1. The summed E-state index contributed by atoms with van der Waals surface area (Å²) in [6.07, 6.45) is 2.13. The molecular formula is C22H19N5O5S. The van der Waals surface area contributed by atoms with Crippen molar-refractivity contribution in [3.8, 4) is 17.6 Å². The molecule has 11 heteroatoms. The number of methoxy groups -OCH3 is 1. The molecule has 1 amide bonds. The number of nitro groups is 1. The van der Waals surface area contributed by atoms with E-state index in [1.54, 1.807) is 30.3 Å². The molecule has 0 saturated carbocycles. The van der Waals surface area contributed by atoms with E-state index in [4.69, 9.17) is 9.47 Å². The zero-order chi connectivity index (χ0) is 23.8. The van der Waals surface area contributed by atoms with Crippen LogP contribution in [-0.4, -0.2) is 28.1 Å². The lowest BCUT2D eigenvalue weighted by Gasteiger charge is -2.11. The van der Waals surface area contributed by atoms with E-state index in [2.05, 4.69) is 15.5 Å². The van der Waals surface area contributed by atoms with Crippen molar-refractivity contribution in [2.75, 3.05) is 12.4 Å². The maximum atomic E-state index is 12.4. The number of non-ortho nitro benzene ring substituents is 1. The number of rotatable bonds is 9. The molecule has 33 heavy (non-hydrogen) atoms. The summed E-state index contributed by atoms with van der Waals surface area (Å²) >= 11 is 1.25. The molecule has 2 aromatic carbocycles. The topological polar surface area (TPSA) is 140 Å². The number of aryl methyl sites for hydroxylation is 1. The van der Waals surface area contributed by atoms with Gasteiger partial charge in [-0.25, -0.2) is 0 Å². The molecular weight excluding hydrogens is 446 g/mol. The fourth-order valence-corrected chi connectivity index (χ4v) is 3.37. The van der Waals surface area contributed by atoms with E-state index >= 15 is 0 Å². The fourth-order valence-electron chi connectivity index (χ4n) is 2.69. The van der Waals surface area contributed by atoms with Gasteiger partial charge in [0.05, 0.1) is 12.0 Å². The SMILES string of the molecule is CCc1nnc(NC(=O)C(C#N)=Cc2ccc(OCc3ccc([N+](=O)[O-])cc3)c(OC)c2)s1. The predicted octanol–water partition coefficient (Wildman–Crippen LogP) is 4.14. The number of nitriles is 1. The summed E-state index contributed by atoms with van der Waals surface area (Å²) in [5.74, 6) is 0.255. The van der Waals surface area contributed by atoms with E-state index in [-0.39, 0.29) is 17.9 Å². The highest BCUT2D eigenvalue weighted by atomic mass is 32.1. The number of nitrogens with one attached hydrogen (secondary N) is 1. The largest absolute Gasteiger partial charge is 0.493 e. The van der Waals surface area contributed by atoms with Crippen molar-refractivity contribution in [2.24, 2.45) is 0 Å². The van der Waals surface area contributed by atoms with Gasteiger partial charge in [-0.15, -0.1) is 10.2 Å². The van der Waals surface area contributed by atoms with Crippen LogP contribution in [0.5, 0.6) is 11.5 Å². The van der Waals surface area contributed by atoms with Crippen molar-refractivity contribution in [3.63, 3.8) is 0 Å². The predicted molar refractivity (Wildman–Crippen MR) is 122 cm³/mol. The fraction of sp³-hybridized carbons (Fsp3) is 0.182. The second-order valence-corrected chi connectivity index (χ2v) is 7.66. The Hall–Kier alpha value is -4.30. The lowest BCUT2D eigenvalue weighted by atomic mass is 10.1. The third kappa shape index (κ3) is 6.11. The lowest BCUT2D eigenvalue weighted by molar-refractivity contribution is -0.384. The molecule has 1 aromatic heterocycles. The summed E-state index contributed by atoms with van der Waals surface area (Å²) in [4.78, 5) is 22.7. The van der Waals surface area contributed by atoms with E-state index in [0.717, 1.165) is 10.6 Å². The normalized spacial score (nSPS) is 10.9. The van der Waals surface area contributed by atoms with E-state index in [9.17, 15) is 20.2 Å². The minimum atomic E-state index is -0.589. The number of benzene rings is 2. The highest BCUT2D eigenvalue weighted by Gasteiger charge is 2.14. The van der Waals surface area contributed by atoms with Crippen LogP contribution in [0.4, 0.5) is 10.8 Å². The van der Waals surface area contributed by atoms with Crippen LogP contribution < -0.4 is 14.8 Å². The molecule has 0 spiro atoms.